The summed E-state index contributed by atoms with van der Waals surface area (Å²) >= 11 is 0. The zero-order valence-electron chi connectivity index (χ0n) is 20.3. The summed E-state index contributed by atoms with van der Waals surface area (Å²) in [5.74, 6) is -0.160. The van der Waals surface area contributed by atoms with Crippen LogP contribution in [0.1, 0.15) is 63.9 Å². The predicted molar refractivity (Wildman–Crippen MR) is 133 cm³/mol. The molecule has 0 aromatic heterocycles. The molecule has 2 aliphatic heterocycles. The number of nitrogens with zero attached hydrogens (tertiary/aromatic N) is 2. The van der Waals surface area contributed by atoms with E-state index in [-0.39, 0.29) is 23.6 Å². The van der Waals surface area contributed by atoms with Gasteiger partial charge in [0.25, 0.3) is 11.8 Å². The van der Waals surface area contributed by atoms with Crippen LogP contribution in [-0.2, 0) is 4.79 Å². The van der Waals surface area contributed by atoms with E-state index in [1.807, 2.05) is 60.0 Å². The maximum atomic E-state index is 13.5. The van der Waals surface area contributed by atoms with Gasteiger partial charge in [-0.2, -0.15) is 0 Å². The van der Waals surface area contributed by atoms with Gasteiger partial charge in [0.1, 0.15) is 6.04 Å². The molecule has 1 atom stereocenters. The monoisotopic (exact) mass is 461 g/mol. The second-order valence-electron chi connectivity index (χ2n) is 9.70. The van der Waals surface area contributed by atoms with Crippen molar-refractivity contribution in [3.8, 4) is 0 Å². The normalized spacial score (nSPS) is 17.8. The molecular formula is C28H35N3O3. The van der Waals surface area contributed by atoms with Crippen molar-refractivity contribution in [2.24, 2.45) is 5.92 Å². The summed E-state index contributed by atoms with van der Waals surface area (Å²) in [5.41, 5.74) is 3.41. The number of likely N-dealkylation sites (tertiary alicyclic amines) is 2. The van der Waals surface area contributed by atoms with Crippen molar-refractivity contribution in [3.05, 3.63) is 70.8 Å². The molecule has 6 heteroatoms. The number of hydrogen-bond donors (Lipinski definition) is 1. The largest absolute Gasteiger partial charge is 0.341 e. The topological polar surface area (TPSA) is 69.7 Å². The second kappa shape index (κ2) is 10.9. The fraction of sp³-hybridized carbons (Fsp3) is 0.464. The van der Waals surface area contributed by atoms with Crippen molar-refractivity contribution < 1.29 is 14.4 Å². The highest BCUT2D eigenvalue weighted by atomic mass is 16.2. The molecule has 0 aliphatic carbocycles. The van der Waals surface area contributed by atoms with Gasteiger partial charge in [-0.25, -0.2) is 0 Å². The first-order valence-electron chi connectivity index (χ1n) is 12.4. The maximum absolute atomic E-state index is 13.5. The average molecular weight is 462 g/mol. The van der Waals surface area contributed by atoms with Crippen LogP contribution in [0.5, 0.6) is 0 Å². The highest BCUT2D eigenvalue weighted by Crippen LogP contribution is 2.25. The first-order valence-corrected chi connectivity index (χ1v) is 12.4. The number of nitrogens with one attached hydrogen (secondary N) is 1. The van der Waals surface area contributed by atoms with Crippen LogP contribution in [0.4, 0.5) is 0 Å². The number of hydrogen-bond acceptors (Lipinski definition) is 3. The van der Waals surface area contributed by atoms with Crippen LogP contribution >= 0.6 is 0 Å². The fourth-order valence-electron chi connectivity index (χ4n) is 5.02. The van der Waals surface area contributed by atoms with Crippen molar-refractivity contribution in [1.29, 1.82) is 0 Å². The number of rotatable bonds is 5. The van der Waals surface area contributed by atoms with Gasteiger partial charge < -0.3 is 15.1 Å². The Bertz CT molecular complexity index is 1020. The van der Waals surface area contributed by atoms with Crippen molar-refractivity contribution in [2.45, 2.75) is 52.0 Å². The van der Waals surface area contributed by atoms with Crippen molar-refractivity contribution in [3.63, 3.8) is 0 Å². The van der Waals surface area contributed by atoms with Gasteiger partial charge >= 0.3 is 0 Å². The number of aryl methyl sites for hydroxylation is 2. The summed E-state index contributed by atoms with van der Waals surface area (Å²) < 4.78 is 0. The fourth-order valence-corrected chi connectivity index (χ4v) is 5.02. The smallest absolute Gasteiger partial charge is 0.253 e. The van der Waals surface area contributed by atoms with Crippen LogP contribution in [0.2, 0.25) is 0 Å². The van der Waals surface area contributed by atoms with E-state index < -0.39 is 6.04 Å². The minimum Gasteiger partial charge on any atom is -0.341 e. The minimum atomic E-state index is -0.567. The lowest BCUT2D eigenvalue weighted by Crippen LogP contribution is -2.55. The number of amides is 3. The highest BCUT2D eigenvalue weighted by Gasteiger charge is 2.36. The Morgan fingerprint density at radius 3 is 2.12 bits per heavy atom. The Morgan fingerprint density at radius 2 is 1.47 bits per heavy atom. The SMILES string of the molecule is Cc1ccc(C(=O)N[C@@H](C(=O)N2CCCCC2)C2CCN(C(=O)c3cccc(C)c3)CC2)cc1. The van der Waals surface area contributed by atoms with E-state index in [4.69, 9.17) is 0 Å². The Labute approximate surface area is 202 Å². The molecule has 2 saturated heterocycles. The van der Waals surface area contributed by atoms with Gasteiger partial charge in [-0.3, -0.25) is 14.4 Å². The third-order valence-electron chi connectivity index (χ3n) is 7.10. The summed E-state index contributed by atoms with van der Waals surface area (Å²) in [5, 5.41) is 3.07. The highest BCUT2D eigenvalue weighted by molar-refractivity contribution is 5.98. The van der Waals surface area contributed by atoms with Crippen LogP contribution in [0.25, 0.3) is 0 Å². The van der Waals surface area contributed by atoms with Gasteiger partial charge in [-0.1, -0.05) is 35.4 Å². The lowest BCUT2D eigenvalue weighted by atomic mass is 9.87. The van der Waals surface area contributed by atoms with Crippen LogP contribution < -0.4 is 5.32 Å². The Balaban J connectivity index is 1.46. The molecule has 3 amide bonds. The molecule has 2 fully saturated rings. The molecular weight excluding hydrogens is 426 g/mol. The van der Waals surface area contributed by atoms with Gasteiger partial charge in [0.2, 0.25) is 5.91 Å². The molecule has 0 spiro atoms. The molecule has 0 bridgehead atoms. The van der Waals surface area contributed by atoms with Gasteiger partial charge in [-0.15, -0.1) is 0 Å². The summed E-state index contributed by atoms with van der Waals surface area (Å²) in [6.45, 7) is 6.64. The molecule has 2 aromatic rings. The minimum absolute atomic E-state index is 0.00499. The lowest BCUT2D eigenvalue weighted by Gasteiger charge is -2.38. The van der Waals surface area contributed by atoms with Crippen LogP contribution in [0.15, 0.2) is 48.5 Å². The predicted octanol–water partition coefficient (Wildman–Crippen LogP) is 3.97. The first kappa shape index (κ1) is 24.0. The molecule has 0 radical (unpaired) electrons. The van der Waals surface area contributed by atoms with E-state index >= 15 is 0 Å². The third-order valence-corrected chi connectivity index (χ3v) is 7.10. The van der Waals surface area contributed by atoms with Crippen molar-refractivity contribution >= 4 is 17.7 Å². The van der Waals surface area contributed by atoms with Crippen LogP contribution in [-0.4, -0.2) is 59.7 Å². The average Bonchev–Trinajstić information content (AvgIpc) is 2.87. The molecule has 4 rings (SSSR count). The van der Waals surface area contributed by atoms with E-state index in [1.54, 1.807) is 12.1 Å². The Hall–Kier alpha value is -3.15. The van der Waals surface area contributed by atoms with Gasteiger partial charge in [0.15, 0.2) is 0 Å². The van der Waals surface area contributed by atoms with E-state index in [9.17, 15) is 14.4 Å². The Kier molecular flexibility index (Phi) is 7.66. The Morgan fingerprint density at radius 1 is 0.794 bits per heavy atom. The number of carbonyl (C=O) groups excluding carboxylic acids is 3. The molecule has 2 aromatic carbocycles. The summed E-state index contributed by atoms with van der Waals surface area (Å²) in [6.07, 6.45) is 4.54. The molecule has 6 nitrogen and oxygen atoms in total. The first-order chi connectivity index (χ1) is 16.4. The third kappa shape index (κ3) is 5.66. The molecule has 1 N–H and O–H groups in total. The lowest BCUT2D eigenvalue weighted by molar-refractivity contribution is -0.136. The molecule has 2 aliphatic rings. The van der Waals surface area contributed by atoms with E-state index in [0.717, 1.165) is 43.5 Å². The molecule has 0 unspecified atom stereocenters. The standard InChI is InChI=1S/C28H35N3O3/c1-20-9-11-23(12-10-20)26(32)29-25(28(34)30-15-4-3-5-16-30)22-13-17-31(18-14-22)27(33)24-8-6-7-21(2)19-24/h6-12,19,22,25H,3-5,13-18H2,1-2H3,(H,29,32)/t25-/m1/s1. The second-order valence-corrected chi connectivity index (χ2v) is 9.70. The van der Waals surface area contributed by atoms with E-state index in [2.05, 4.69) is 5.32 Å². The summed E-state index contributed by atoms with van der Waals surface area (Å²) in [6, 6.07) is 14.5. The van der Waals surface area contributed by atoms with Crippen LogP contribution in [0, 0.1) is 19.8 Å². The number of carbonyl (C=O) groups is 3. The van der Waals surface area contributed by atoms with Crippen LogP contribution in [0.3, 0.4) is 0 Å². The van der Waals surface area contributed by atoms with Crippen molar-refractivity contribution in [1.82, 2.24) is 15.1 Å². The zero-order chi connectivity index (χ0) is 24.1. The van der Waals surface area contributed by atoms with Gasteiger partial charge in [-0.05, 0) is 76.1 Å². The molecule has 0 saturated carbocycles. The number of piperidine rings is 2. The van der Waals surface area contributed by atoms with Gasteiger partial charge in [0.05, 0.1) is 0 Å². The summed E-state index contributed by atoms with van der Waals surface area (Å²) in [7, 11) is 0. The maximum Gasteiger partial charge on any atom is 0.253 e. The zero-order valence-corrected chi connectivity index (χ0v) is 20.3. The quantitative estimate of drug-likeness (QED) is 0.733. The molecule has 180 valence electrons. The molecule has 2 heterocycles. The number of benzene rings is 2. The van der Waals surface area contributed by atoms with E-state index in [0.29, 0.717) is 37.1 Å². The summed E-state index contributed by atoms with van der Waals surface area (Å²) in [4.78, 5) is 43.3. The van der Waals surface area contributed by atoms with Gasteiger partial charge in [0, 0.05) is 37.3 Å². The van der Waals surface area contributed by atoms with E-state index in [1.165, 1.54) is 0 Å². The van der Waals surface area contributed by atoms with Crippen molar-refractivity contribution in [2.75, 3.05) is 26.2 Å². The molecule has 34 heavy (non-hydrogen) atoms.